The summed E-state index contributed by atoms with van der Waals surface area (Å²) in [7, 11) is 0. The fraction of sp³-hybridized carbons (Fsp3) is 0.500. The molecule has 0 radical (unpaired) electrons. The number of ether oxygens (including phenoxy) is 1. The lowest BCUT2D eigenvalue weighted by Gasteiger charge is -2.36. The fourth-order valence-electron chi connectivity index (χ4n) is 3.57. The molecule has 1 saturated heterocycles. The maximum atomic E-state index is 12.4. The number of rotatable bonds is 4. The summed E-state index contributed by atoms with van der Waals surface area (Å²) >= 11 is 5.36. The van der Waals surface area contributed by atoms with Crippen molar-refractivity contribution in [1.29, 1.82) is 0 Å². The summed E-state index contributed by atoms with van der Waals surface area (Å²) in [6.07, 6.45) is 4.88. The van der Waals surface area contributed by atoms with Crippen LogP contribution >= 0.6 is 12.2 Å². The van der Waals surface area contributed by atoms with Crippen molar-refractivity contribution < 1.29 is 19.1 Å². The van der Waals surface area contributed by atoms with E-state index in [1.807, 2.05) is 6.07 Å². The number of amides is 2. The molecule has 3 rings (SSSR count). The molecule has 1 aliphatic heterocycles. The van der Waals surface area contributed by atoms with Crippen molar-refractivity contribution in [2.45, 2.75) is 50.7 Å². The Morgan fingerprint density at radius 1 is 1.18 bits per heavy atom. The average Bonchev–Trinajstić information content (AvgIpc) is 2.70. The lowest BCUT2D eigenvalue weighted by atomic mass is 9.98. The van der Waals surface area contributed by atoms with Crippen molar-refractivity contribution in [2.75, 3.05) is 13.1 Å². The molecule has 1 heterocycles. The molecule has 0 spiro atoms. The van der Waals surface area contributed by atoms with Crippen molar-refractivity contribution in [3.63, 3.8) is 0 Å². The Morgan fingerprint density at radius 2 is 1.89 bits per heavy atom. The van der Waals surface area contributed by atoms with Gasteiger partial charge in [0.2, 0.25) is 5.91 Å². The van der Waals surface area contributed by atoms with Crippen molar-refractivity contribution in [1.82, 2.24) is 15.5 Å². The van der Waals surface area contributed by atoms with E-state index in [0.29, 0.717) is 18.7 Å². The van der Waals surface area contributed by atoms with E-state index in [4.69, 9.17) is 17.0 Å². The van der Waals surface area contributed by atoms with Crippen LogP contribution in [0.15, 0.2) is 30.3 Å². The number of nitrogens with one attached hydrogen (secondary N) is 2. The van der Waals surface area contributed by atoms with Gasteiger partial charge in [-0.15, -0.1) is 0 Å². The van der Waals surface area contributed by atoms with Crippen LogP contribution < -0.4 is 10.6 Å². The molecule has 28 heavy (non-hydrogen) atoms. The van der Waals surface area contributed by atoms with Crippen LogP contribution in [0, 0.1) is 0 Å². The molecule has 1 aromatic carbocycles. The van der Waals surface area contributed by atoms with Gasteiger partial charge in [0.1, 0.15) is 12.1 Å². The predicted molar refractivity (Wildman–Crippen MR) is 108 cm³/mol. The average molecular weight is 404 g/mol. The van der Waals surface area contributed by atoms with Gasteiger partial charge in [-0.25, -0.2) is 0 Å². The largest absolute Gasteiger partial charge is 0.462 e. The summed E-state index contributed by atoms with van der Waals surface area (Å²) in [5.74, 6) is -1.04. The van der Waals surface area contributed by atoms with E-state index in [2.05, 4.69) is 10.6 Å². The maximum absolute atomic E-state index is 12.4. The lowest BCUT2D eigenvalue weighted by molar-refractivity contribution is -0.153. The monoisotopic (exact) mass is 403 g/mol. The Hall–Kier alpha value is -2.48. The zero-order chi connectivity index (χ0) is 19.9. The van der Waals surface area contributed by atoms with Crippen molar-refractivity contribution in [3.05, 3.63) is 35.9 Å². The van der Waals surface area contributed by atoms with E-state index in [0.717, 1.165) is 25.7 Å². The molecule has 1 atom stereocenters. The molecule has 2 amide bonds. The van der Waals surface area contributed by atoms with Crippen LogP contribution in [0.3, 0.4) is 0 Å². The third-order valence-electron chi connectivity index (χ3n) is 5.06. The number of hydrogen-bond donors (Lipinski definition) is 2. The molecule has 1 saturated carbocycles. The summed E-state index contributed by atoms with van der Waals surface area (Å²) in [4.78, 5) is 38.7. The Labute approximate surface area is 169 Å². The number of nitrogens with zero attached hydrogens (tertiary/aromatic N) is 1. The molecular weight excluding hydrogens is 378 g/mol. The van der Waals surface area contributed by atoms with Gasteiger partial charge >= 0.3 is 5.97 Å². The van der Waals surface area contributed by atoms with Crippen LogP contribution in [0.2, 0.25) is 0 Å². The SMILES string of the molecule is O=C(CC1C(=O)NCCN1C(=S)NC(=O)c1ccccc1)OC1CCCCC1. The number of benzene rings is 1. The minimum Gasteiger partial charge on any atom is -0.462 e. The standard InChI is InChI=1S/C20H25N3O4S/c24-17(27-15-9-5-2-6-10-15)13-16-19(26)21-11-12-23(16)20(28)22-18(25)14-7-3-1-4-8-14/h1,3-4,7-8,15-16H,2,5-6,9-13H2,(H,21,26)(H,22,25,28). The van der Waals surface area contributed by atoms with Crippen molar-refractivity contribution in [3.8, 4) is 0 Å². The highest BCUT2D eigenvalue weighted by Crippen LogP contribution is 2.21. The summed E-state index contributed by atoms with van der Waals surface area (Å²) < 4.78 is 5.54. The first-order valence-corrected chi connectivity index (χ1v) is 10.1. The van der Waals surface area contributed by atoms with Crippen LogP contribution in [-0.2, 0) is 14.3 Å². The van der Waals surface area contributed by atoms with E-state index in [9.17, 15) is 14.4 Å². The van der Waals surface area contributed by atoms with E-state index >= 15 is 0 Å². The molecule has 7 nitrogen and oxygen atoms in total. The summed E-state index contributed by atoms with van der Waals surface area (Å²) in [5.41, 5.74) is 0.472. The molecule has 2 N–H and O–H groups in total. The second-order valence-electron chi connectivity index (χ2n) is 7.08. The van der Waals surface area contributed by atoms with Crippen molar-refractivity contribution in [2.24, 2.45) is 0 Å². The second kappa shape index (κ2) is 9.64. The van der Waals surface area contributed by atoms with Crippen LogP contribution in [0.25, 0.3) is 0 Å². The van der Waals surface area contributed by atoms with Crippen molar-refractivity contribution >= 4 is 35.1 Å². The topological polar surface area (TPSA) is 87.7 Å². The predicted octanol–water partition coefficient (Wildman–Crippen LogP) is 1.77. The van der Waals surface area contributed by atoms with Gasteiger partial charge in [0.25, 0.3) is 5.91 Å². The van der Waals surface area contributed by atoms with Gasteiger partial charge in [0, 0.05) is 18.7 Å². The highest BCUT2D eigenvalue weighted by atomic mass is 32.1. The van der Waals surface area contributed by atoms with E-state index < -0.39 is 12.0 Å². The van der Waals surface area contributed by atoms with E-state index in [-0.39, 0.29) is 29.5 Å². The zero-order valence-corrected chi connectivity index (χ0v) is 16.5. The number of carbonyl (C=O) groups excluding carboxylic acids is 3. The minimum absolute atomic E-state index is 0.0638. The normalized spacial score (nSPS) is 20.2. The first-order valence-electron chi connectivity index (χ1n) is 9.69. The fourth-order valence-corrected chi connectivity index (χ4v) is 3.88. The highest BCUT2D eigenvalue weighted by molar-refractivity contribution is 7.80. The Kier molecular flexibility index (Phi) is 6.97. The smallest absolute Gasteiger partial charge is 0.308 e. The Morgan fingerprint density at radius 3 is 2.61 bits per heavy atom. The van der Waals surface area contributed by atoms with Gasteiger partial charge in [-0.05, 0) is 50.0 Å². The molecule has 8 heteroatoms. The Bertz CT molecular complexity index is 734. The molecule has 2 aliphatic rings. The molecule has 150 valence electrons. The molecule has 1 aliphatic carbocycles. The first-order chi connectivity index (χ1) is 13.5. The van der Waals surface area contributed by atoms with Gasteiger partial charge < -0.3 is 15.0 Å². The third kappa shape index (κ3) is 5.28. The quantitative estimate of drug-likeness (QED) is 0.589. The van der Waals surface area contributed by atoms with Gasteiger partial charge in [0.05, 0.1) is 6.42 Å². The summed E-state index contributed by atoms with van der Waals surface area (Å²) in [6.45, 7) is 0.815. The molecule has 2 fully saturated rings. The lowest BCUT2D eigenvalue weighted by Crippen LogP contribution is -2.60. The minimum atomic E-state index is -0.784. The maximum Gasteiger partial charge on any atom is 0.308 e. The van der Waals surface area contributed by atoms with E-state index in [1.54, 1.807) is 29.2 Å². The van der Waals surface area contributed by atoms with E-state index in [1.165, 1.54) is 6.42 Å². The molecule has 0 aromatic heterocycles. The van der Waals surface area contributed by atoms with Gasteiger partial charge in [-0.3, -0.25) is 19.7 Å². The number of thiocarbonyl (C=S) groups is 1. The number of esters is 1. The number of hydrogen-bond acceptors (Lipinski definition) is 5. The first kappa shape index (κ1) is 20.3. The molecule has 1 unspecified atom stereocenters. The molecule has 1 aromatic rings. The highest BCUT2D eigenvalue weighted by Gasteiger charge is 2.34. The second-order valence-corrected chi connectivity index (χ2v) is 7.47. The molecular formula is C20H25N3O4S. The Balaban J connectivity index is 1.61. The zero-order valence-electron chi connectivity index (χ0n) is 15.7. The molecule has 0 bridgehead atoms. The van der Waals surface area contributed by atoms with Crippen LogP contribution in [-0.4, -0.2) is 53.0 Å². The third-order valence-corrected chi connectivity index (χ3v) is 5.40. The van der Waals surface area contributed by atoms with Gasteiger partial charge in [-0.2, -0.15) is 0 Å². The van der Waals surface area contributed by atoms with Gasteiger partial charge in [-0.1, -0.05) is 24.6 Å². The number of carbonyl (C=O) groups is 3. The van der Waals surface area contributed by atoms with Gasteiger partial charge in [0.15, 0.2) is 5.11 Å². The van der Waals surface area contributed by atoms with Crippen LogP contribution in [0.1, 0.15) is 48.9 Å². The number of piperazine rings is 1. The summed E-state index contributed by atoms with van der Waals surface area (Å²) in [6, 6.07) is 7.92. The van der Waals surface area contributed by atoms with Crippen LogP contribution in [0.4, 0.5) is 0 Å². The summed E-state index contributed by atoms with van der Waals surface area (Å²) in [5, 5.41) is 5.55. The van der Waals surface area contributed by atoms with Crippen LogP contribution in [0.5, 0.6) is 0 Å².